The van der Waals surface area contributed by atoms with Crippen molar-refractivity contribution in [3.8, 4) is 5.88 Å². The Kier molecular flexibility index (Phi) is 5.22. The Balaban J connectivity index is 1.58. The van der Waals surface area contributed by atoms with Crippen molar-refractivity contribution >= 4 is 11.8 Å². The van der Waals surface area contributed by atoms with Crippen LogP contribution in [0.25, 0.3) is 0 Å². The summed E-state index contributed by atoms with van der Waals surface area (Å²) < 4.78 is 14.0. The molecule has 1 atom stereocenters. The Morgan fingerprint density at radius 2 is 2.28 bits per heavy atom. The summed E-state index contributed by atoms with van der Waals surface area (Å²) in [5.74, 6) is 1.44. The van der Waals surface area contributed by atoms with Crippen molar-refractivity contribution in [1.82, 2.24) is 24.9 Å². The van der Waals surface area contributed by atoms with Crippen LogP contribution in [0.4, 0.5) is 10.6 Å². The molecule has 0 aromatic carbocycles. The maximum Gasteiger partial charge on any atom is 0.320 e. The van der Waals surface area contributed by atoms with Gasteiger partial charge in [-0.15, -0.1) is 5.10 Å². The number of methoxy groups -OCH3 is 1. The van der Waals surface area contributed by atoms with Gasteiger partial charge < -0.3 is 14.8 Å². The van der Waals surface area contributed by atoms with Crippen molar-refractivity contribution in [2.45, 2.75) is 25.3 Å². The molecule has 0 saturated carbocycles. The first-order valence-corrected chi connectivity index (χ1v) is 8.30. The first kappa shape index (κ1) is 17.3. The van der Waals surface area contributed by atoms with E-state index in [1.807, 2.05) is 19.3 Å². The molecule has 2 aromatic heterocycles. The second-order valence-electron chi connectivity index (χ2n) is 6.14. The zero-order valence-electron chi connectivity index (χ0n) is 14.8. The number of nitrogens with one attached hydrogen (secondary N) is 2. The van der Waals surface area contributed by atoms with Crippen LogP contribution in [0.1, 0.15) is 30.0 Å². The molecule has 1 saturated heterocycles. The first-order chi connectivity index (χ1) is 12.1. The number of hydrogen-bond donors (Lipinski definition) is 2. The summed E-state index contributed by atoms with van der Waals surface area (Å²) >= 11 is 0. The molecule has 0 spiro atoms. The number of urea groups is 1. The summed E-state index contributed by atoms with van der Waals surface area (Å²) in [6, 6.07) is 1.60. The number of ether oxygens (including phenoxy) is 2. The molecule has 2 N–H and O–H groups in total. The van der Waals surface area contributed by atoms with Gasteiger partial charge >= 0.3 is 6.03 Å². The second-order valence-corrected chi connectivity index (χ2v) is 6.14. The average molecular weight is 348 g/mol. The molecule has 9 nitrogen and oxygen atoms in total. The van der Waals surface area contributed by atoms with E-state index in [2.05, 4.69) is 20.8 Å². The minimum absolute atomic E-state index is 0.290. The number of nitrogens with zero attached hydrogens (tertiary/aromatic N) is 4. The molecule has 1 fully saturated rings. The summed E-state index contributed by atoms with van der Waals surface area (Å²) in [5, 5.41) is 14.3. The van der Waals surface area contributed by atoms with E-state index < -0.39 is 0 Å². The van der Waals surface area contributed by atoms with E-state index >= 15 is 0 Å². The Morgan fingerprint density at radius 3 is 3.00 bits per heavy atom. The maximum atomic E-state index is 12.2. The van der Waals surface area contributed by atoms with Gasteiger partial charge in [-0.3, -0.25) is 14.7 Å². The van der Waals surface area contributed by atoms with Crippen LogP contribution < -0.4 is 15.4 Å². The Labute approximate surface area is 146 Å². The van der Waals surface area contributed by atoms with Crippen molar-refractivity contribution in [3.05, 3.63) is 23.5 Å². The minimum Gasteiger partial charge on any atom is -0.480 e. The van der Waals surface area contributed by atoms with Gasteiger partial charge in [0.25, 0.3) is 0 Å². The maximum absolute atomic E-state index is 12.2. The predicted octanol–water partition coefficient (Wildman–Crippen LogP) is 1.38. The monoisotopic (exact) mass is 348 g/mol. The molecule has 136 valence electrons. The van der Waals surface area contributed by atoms with Crippen LogP contribution in [0.15, 0.2) is 12.3 Å². The molecule has 0 bridgehead atoms. The summed E-state index contributed by atoms with van der Waals surface area (Å²) in [6.07, 6.45) is 3.91. The summed E-state index contributed by atoms with van der Waals surface area (Å²) in [7, 11) is 5.17. The number of aryl methyl sites for hydroxylation is 2. The van der Waals surface area contributed by atoms with E-state index in [1.165, 1.54) is 0 Å². The van der Waals surface area contributed by atoms with Gasteiger partial charge in [-0.2, -0.15) is 5.10 Å². The first-order valence-electron chi connectivity index (χ1n) is 8.30. The third-order valence-corrected chi connectivity index (χ3v) is 4.22. The third kappa shape index (κ3) is 4.11. The number of amides is 2. The SMILES string of the molecule is COc1nn(C)cc1CNC(=O)Nc1cc(C2CCCOC2)nn1C. The molecular weight excluding hydrogens is 324 g/mol. The summed E-state index contributed by atoms with van der Waals surface area (Å²) in [6.45, 7) is 1.82. The summed E-state index contributed by atoms with van der Waals surface area (Å²) in [4.78, 5) is 12.2. The Bertz CT molecular complexity index is 732. The van der Waals surface area contributed by atoms with Crippen LogP contribution >= 0.6 is 0 Å². The molecule has 1 unspecified atom stereocenters. The van der Waals surface area contributed by atoms with Gasteiger partial charge in [-0.05, 0) is 12.8 Å². The molecule has 9 heteroatoms. The molecule has 1 aliphatic heterocycles. The number of aromatic nitrogens is 4. The van der Waals surface area contributed by atoms with Crippen LogP contribution in [0.5, 0.6) is 5.88 Å². The second kappa shape index (κ2) is 7.56. The molecule has 1 aliphatic rings. The van der Waals surface area contributed by atoms with Crippen molar-refractivity contribution < 1.29 is 14.3 Å². The third-order valence-electron chi connectivity index (χ3n) is 4.22. The van der Waals surface area contributed by atoms with Crippen molar-refractivity contribution in [2.24, 2.45) is 14.1 Å². The van der Waals surface area contributed by atoms with Crippen molar-refractivity contribution in [3.63, 3.8) is 0 Å². The molecule has 2 amide bonds. The largest absolute Gasteiger partial charge is 0.480 e. The van der Waals surface area contributed by atoms with Gasteiger partial charge in [-0.25, -0.2) is 4.79 Å². The standard InChI is InChI=1S/C16H24N6O3/c1-21-9-12(15(20-21)24-3)8-17-16(23)18-14-7-13(19-22(14)2)11-5-4-6-25-10-11/h7,9,11H,4-6,8,10H2,1-3H3,(H2,17,18,23). The number of rotatable bonds is 5. The van der Waals surface area contributed by atoms with Gasteiger partial charge in [-0.1, -0.05) is 0 Å². The quantitative estimate of drug-likeness (QED) is 0.851. The lowest BCUT2D eigenvalue weighted by molar-refractivity contribution is 0.0791. The highest BCUT2D eigenvalue weighted by Gasteiger charge is 2.20. The number of carbonyl (C=O) groups is 1. The number of anilines is 1. The van der Waals surface area contributed by atoms with Crippen LogP contribution in [-0.4, -0.2) is 45.9 Å². The molecule has 3 heterocycles. The van der Waals surface area contributed by atoms with E-state index in [0.717, 1.165) is 30.7 Å². The van der Waals surface area contributed by atoms with Crippen molar-refractivity contribution in [2.75, 3.05) is 25.6 Å². The minimum atomic E-state index is -0.305. The van der Waals surface area contributed by atoms with Crippen LogP contribution in [-0.2, 0) is 25.4 Å². The van der Waals surface area contributed by atoms with E-state index in [1.54, 1.807) is 23.5 Å². The highest BCUT2D eigenvalue weighted by atomic mass is 16.5. The zero-order chi connectivity index (χ0) is 17.8. The van der Waals surface area contributed by atoms with Gasteiger partial charge in [0.05, 0.1) is 31.5 Å². The van der Waals surface area contributed by atoms with E-state index in [4.69, 9.17) is 9.47 Å². The van der Waals surface area contributed by atoms with Gasteiger partial charge in [0.1, 0.15) is 5.82 Å². The molecular formula is C16H24N6O3. The van der Waals surface area contributed by atoms with Crippen molar-refractivity contribution in [1.29, 1.82) is 0 Å². The average Bonchev–Trinajstić information content (AvgIpc) is 3.16. The van der Waals surface area contributed by atoms with Crippen LogP contribution in [0.2, 0.25) is 0 Å². The van der Waals surface area contributed by atoms with Gasteiger partial charge in [0.15, 0.2) is 0 Å². The number of hydrogen-bond acceptors (Lipinski definition) is 5. The fraction of sp³-hybridized carbons (Fsp3) is 0.562. The lowest BCUT2D eigenvalue weighted by Crippen LogP contribution is -2.29. The normalized spacial score (nSPS) is 17.3. The predicted molar refractivity (Wildman–Crippen MR) is 91.6 cm³/mol. The van der Waals surface area contributed by atoms with Crippen LogP contribution in [0, 0.1) is 0 Å². The molecule has 2 aromatic rings. The fourth-order valence-electron chi connectivity index (χ4n) is 2.93. The lowest BCUT2D eigenvalue weighted by Gasteiger charge is -2.19. The van der Waals surface area contributed by atoms with Gasteiger partial charge in [0.2, 0.25) is 5.88 Å². The Hall–Kier alpha value is -2.55. The smallest absolute Gasteiger partial charge is 0.320 e. The molecule has 0 radical (unpaired) electrons. The molecule has 3 rings (SSSR count). The number of carbonyl (C=O) groups excluding carboxylic acids is 1. The summed E-state index contributed by atoms with van der Waals surface area (Å²) in [5.41, 5.74) is 1.76. The zero-order valence-corrected chi connectivity index (χ0v) is 14.8. The lowest BCUT2D eigenvalue weighted by atomic mass is 9.99. The van der Waals surface area contributed by atoms with E-state index in [9.17, 15) is 4.79 Å². The molecule has 0 aliphatic carbocycles. The topological polar surface area (TPSA) is 95.2 Å². The highest BCUT2D eigenvalue weighted by Crippen LogP contribution is 2.26. The fourth-order valence-corrected chi connectivity index (χ4v) is 2.93. The highest BCUT2D eigenvalue weighted by molar-refractivity contribution is 5.88. The Morgan fingerprint density at radius 1 is 1.44 bits per heavy atom. The van der Waals surface area contributed by atoms with E-state index in [-0.39, 0.29) is 6.03 Å². The van der Waals surface area contributed by atoms with E-state index in [0.29, 0.717) is 30.8 Å². The van der Waals surface area contributed by atoms with Crippen LogP contribution in [0.3, 0.4) is 0 Å². The van der Waals surface area contributed by atoms with Gasteiger partial charge in [0, 0.05) is 38.9 Å². The molecule has 25 heavy (non-hydrogen) atoms.